The molecule has 4 nitrogen and oxygen atoms in total. The molecule has 1 saturated carbocycles. The van der Waals surface area contributed by atoms with Crippen molar-refractivity contribution in [3.8, 4) is 0 Å². The number of urea groups is 1. The quantitative estimate of drug-likeness (QED) is 0.602. The molecule has 4 N–H and O–H groups in total. The van der Waals surface area contributed by atoms with Gasteiger partial charge >= 0.3 is 6.03 Å². The molecule has 0 heterocycles. The summed E-state index contributed by atoms with van der Waals surface area (Å²) >= 11 is 0. The van der Waals surface area contributed by atoms with E-state index < -0.39 is 0 Å². The summed E-state index contributed by atoms with van der Waals surface area (Å²) in [5.41, 5.74) is 5.51. The molecule has 0 spiro atoms. The number of hydrogen-bond acceptors (Lipinski definition) is 2. The zero-order valence-corrected chi connectivity index (χ0v) is 8.18. The monoisotopic (exact) mass is 185 g/mol. The highest BCUT2D eigenvalue weighted by Gasteiger charge is 2.16. The van der Waals surface area contributed by atoms with E-state index in [0.717, 1.165) is 12.8 Å². The van der Waals surface area contributed by atoms with Crippen molar-refractivity contribution in [2.75, 3.05) is 6.54 Å². The lowest BCUT2D eigenvalue weighted by atomic mass is 10.2. The van der Waals surface area contributed by atoms with Gasteiger partial charge in [0.2, 0.25) is 0 Å². The molecule has 0 aromatic heterocycles. The Balaban J connectivity index is 2.09. The van der Waals surface area contributed by atoms with Crippen LogP contribution in [0.4, 0.5) is 4.79 Å². The molecule has 1 rings (SSSR count). The van der Waals surface area contributed by atoms with Crippen molar-refractivity contribution in [2.24, 2.45) is 5.73 Å². The summed E-state index contributed by atoms with van der Waals surface area (Å²) in [6.07, 6.45) is 4.70. The number of amides is 2. The van der Waals surface area contributed by atoms with Crippen molar-refractivity contribution in [3.05, 3.63) is 0 Å². The maximum Gasteiger partial charge on any atom is 0.315 e. The summed E-state index contributed by atoms with van der Waals surface area (Å²) in [6.45, 7) is 2.41. The van der Waals surface area contributed by atoms with Crippen LogP contribution >= 0.6 is 0 Å². The van der Waals surface area contributed by atoms with E-state index in [1.165, 1.54) is 12.8 Å². The summed E-state index contributed by atoms with van der Waals surface area (Å²) < 4.78 is 0. The van der Waals surface area contributed by atoms with E-state index in [2.05, 4.69) is 10.6 Å². The molecule has 0 aromatic carbocycles. The minimum atomic E-state index is -0.0794. The molecular weight excluding hydrogens is 166 g/mol. The number of hydrogen-bond donors (Lipinski definition) is 3. The smallest absolute Gasteiger partial charge is 0.315 e. The Bertz CT molecular complexity index is 164. The van der Waals surface area contributed by atoms with Crippen molar-refractivity contribution < 1.29 is 4.79 Å². The van der Waals surface area contributed by atoms with Crippen LogP contribution in [0.2, 0.25) is 0 Å². The lowest BCUT2D eigenvalue weighted by Gasteiger charge is -2.13. The lowest BCUT2D eigenvalue weighted by molar-refractivity contribution is 0.236. The Morgan fingerprint density at radius 2 is 2.15 bits per heavy atom. The van der Waals surface area contributed by atoms with Crippen LogP contribution in [0, 0.1) is 0 Å². The van der Waals surface area contributed by atoms with E-state index in [0.29, 0.717) is 12.6 Å². The predicted octanol–water partition coefficient (Wildman–Crippen LogP) is 0.575. The Labute approximate surface area is 79.3 Å². The van der Waals surface area contributed by atoms with Crippen molar-refractivity contribution in [3.63, 3.8) is 0 Å². The first-order chi connectivity index (χ1) is 6.18. The van der Waals surface area contributed by atoms with Crippen LogP contribution in [0.3, 0.4) is 0 Å². The molecule has 1 unspecified atom stereocenters. The maximum atomic E-state index is 11.2. The van der Waals surface area contributed by atoms with Crippen LogP contribution in [0.1, 0.15) is 32.6 Å². The molecule has 76 valence electrons. The third kappa shape index (κ3) is 4.12. The third-order valence-corrected chi connectivity index (χ3v) is 2.27. The lowest BCUT2D eigenvalue weighted by Crippen LogP contribution is -2.44. The fourth-order valence-electron chi connectivity index (χ4n) is 1.56. The number of nitrogens with two attached hydrogens (primary N) is 1. The van der Waals surface area contributed by atoms with Gasteiger partial charge in [-0.2, -0.15) is 0 Å². The average Bonchev–Trinajstić information content (AvgIpc) is 2.53. The van der Waals surface area contributed by atoms with Crippen molar-refractivity contribution in [1.29, 1.82) is 0 Å². The molecule has 1 atom stereocenters. The molecular formula is C9H19N3O. The molecule has 0 aliphatic heterocycles. The fraction of sp³-hybridized carbons (Fsp3) is 0.889. The van der Waals surface area contributed by atoms with Gasteiger partial charge in [-0.15, -0.1) is 0 Å². The molecule has 0 saturated heterocycles. The predicted molar refractivity (Wildman–Crippen MR) is 52.4 cm³/mol. The van der Waals surface area contributed by atoms with E-state index in [9.17, 15) is 4.79 Å². The van der Waals surface area contributed by atoms with Crippen LogP contribution in [0.15, 0.2) is 0 Å². The Kier molecular flexibility index (Phi) is 4.02. The molecule has 4 heteroatoms. The summed E-state index contributed by atoms with van der Waals surface area (Å²) in [4.78, 5) is 11.2. The van der Waals surface area contributed by atoms with Gasteiger partial charge in [0.05, 0.1) is 0 Å². The first-order valence-electron chi connectivity index (χ1n) is 4.98. The first kappa shape index (κ1) is 10.3. The summed E-state index contributed by atoms with van der Waals surface area (Å²) in [5.74, 6) is 0. The molecule has 2 amide bonds. The van der Waals surface area contributed by atoms with Gasteiger partial charge in [-0.3, -0.25) is 0 Å². The topological polar surface area (TPSA) is 67.1 Å². The Morgan fingerprint density at radius 1 is 1.54 bits per heavy atom. The zero-order chi connectivity index (χ0) is 9.68. The molecule has 0 aromatic rings. The van der Waals surface area contributed by atoms with Gasteiger partial charge < -0.3 is 16.4 Å². The standard InChI is InChI=1S/C9H19N3O/c1-7(10)6-11-9(13)12-8-4-2-3-5-8/h7-8H,2-6,10H2,1H3,(H2,11,12,13). The van der Waals surface area contributed by atoms with Gasteiger partial charge in [-0.1, -0.05) is 12.8 Å². The summed E-state index contributed by atoms with van der Waals surface area (Å²) in [5, 5.41) is 5.66. The molecule has 13 heavy (non-hydrogen) atoms. The number of rotatable bonds is 3. The molecule has 1 fully saturated rings. The second-order valence-corrected chi connectivity index (χ2v) is 3.81. The minimum Gasteiger partial charge on any atom is -0.337 e. The summed E-state index contributed by atoms with van der Waals surface area (Å²) in [7, 11) is 0. The molecule has 0 radical (unpaired) electrons. The van der Waals surface area contributed by atoms with Crippen LogP contribution in [-0.4, -0.2) is 24.7 Å². The third-order valence-electron chi connectivity index (χ3n) is 2.27. The Morgan fingerprint density at radius 3 is 2.69 bits per heavy atom. The highest BCUT2D eigenvalue weighted by molar-refractivity contribution is 5.74. The van der Waals surface area contributed by atoms with Crippen molar-refractivity contribution in [2.45, 2.75) is 44.7 Å². The van der Waals surface area contributed by atoms with Gasteiger partial charge in [0, 0.05) is 18.6 Å². The van der Waals surface area contributed by atoms with Gasteiger partial charge in [0.1, 0.15) is 0 Å². The van der Waals surface area contributed by atoms with Crippen molar-refractivity contribution >= 4 is 6.03 Å². The summed E-state index contributed by atoms with van der Waals surface area (Å²) in [6, 6.07) is 0.326. The van der Waals surface area contributed by atoms with E-state index >= 15 is 0 Å². The average molecular weight is 185 g/mol. The van der Waals surface area contributed by atoms with Gasteiger partial charge in [0.15, 0.2) is 0 Å². The highest BCUT2D eigenvalue weighted by atomic mass is 16.2. The second kappa shape index (κ2) is 5.07. The zero-order valence-electron chi connectivity index (χ0n) is 8.18. The van der Waals surface area contributed by atoms with Crippen LogP contribution in [-0.2, 0) is 0 Å². The van der Waals surface area contributed by atoms with Crippen LogP contribution < -0.4 is 16.4 Å². The van der Waals surface area contributed by atoms with Gasteiger partial charge in [-0.25, -0.2) is 4.79 Å². The molecule has 0 bridgehead atoms. The first-order valence-corrected chi connectivity index (χ1v) is 4.98. The number of carbonyl (C=O) groups is 1. The van der Waals surface area contributed by atoms with E-state index in [1.807, 2.05) is 6.92 Å². The van der Waals surface area contributed by atoms with E-state index in [-0.39, 0.29) is 12.1 Å². The fourth-order valence-corrected chi connectivity index (χ4v) is 1.56. The molecule has 1 aliphatic rings. The highest BCUT2D eigenvalue weighted by Crippen LogP contribution is 2.17. The van der Waals surface area contributed by atoms with Crippen LogP contribution in [0.5, 0.6) is 0 Å². The number of nitrogens with one attached hydrogen (secondary N) is 2. The largest absolute Gasteiger partial charge is 0.337 e. The van der Waals surface area contributed by atoms with Crippen LogP contribution in [0.25, 0.3) is 0 Å². The minimum absolute atomic E-state index is 0.0225. The maximum absolute atomic E-state index is 11.2. The number of carbonyl (C=O) groups excluding carboxylic acids is 1. The van der Waals surface area contributed by atoms with E-state index in [4.69, 9.17) is 5.73 Å². The van der Waals surface area contributed by atoms with Gasteiger partial charge in [-0.05, 0) is 19.8 Å². The normalized spacial score (nSPS) is 19.8. The Hall–Kier alpha value is -0.770. The van der Waals surface area contributed by atoms with E-state index in [1.54, 1.807) is 0 Å². The second-order valence-electron chi connectivity index (χ2n) is 3.81. The van der Waals surface area contributed by atoms with Crippen molar-refractivity contribution in [1.82, 2.24) is 10.6 Å². The SMILES string of the molecule is CC(N)CNC(=O)NC1CCCC1. The van der Waals surface area contributed by atoms with Gasteiger partial charge in [0.25, 0.3) is 0 Å². The molecule has 1 aliphatic carbocycles.